The number of nitrogens with one attached hydrogen (secondary N) is 1. The molecule has 0 aliphatic heterocycles. The van der Waals surface area contributed by atoms with Crippen LogP contribution in [-0.2, 0) is 9.53 Å². The molecule has 0 aromatic rings. The van der Waals surface area contributed by atoms with Crippen LogP contribution in [0.5, 0.6) is 0 Å². The smallest absolute Gasteiger partial charge is 0.326 e. The number of aliphatic hydroxyl groups excluding tert-OH is 1. The van der Waals surface area contributed by atoms with Crippen molar-refractivity contribution in [3.63, 3.8) is 0 Å². The second-order valence-corrected chi connectivity index (χ2v) is 5.83. The van der Waals surface area contributed by atoms with Gasteiger partial charge in [-0.05, 0) is 38.0 Å². The van der Waals surface area contributed by atoms with Crippen LogP contribution in [0.2, 0.25) is 0 Å². The van der Waals surface area contributed by atoms with Crippen LogP contribution in [0.25, 0.3) is 0 Å². The minimum absolute atomic E-state index is 0.135. The van der Waals surface area contributed by atoms with Gasteiger partial charge >= 0.3 is 5.97 Å². The lowest BCUT2D eigenvalue weighted by atomic mass is 9.98. The Balaban J connectivity index is 2.49. The molecule has 0 heterocycles. The molecule has 0 spiro atoms. The molecule has 1 fully saturated rings. The topological polar surface area (TPSA) is 58.6 Å². The highest BCUT2D eigenvalue weighted by Crippen LogP contribution is 2.38. The van der Waals surface area contributed by atoms with Crippen LogP contribution < -0.4 is 5.32 Å². The Hall–Kier alpha value is -0.260. The molecule has 0 radical (unpaired) electrons. The predicted octanol–water partition coefficient (Wildman–Crippen LogP) is 1.18. The van der Waals surface area contributed by atoms with Crippen LogP contribution >= 0.6 is 11.8 Å². The van der Waals surface area contributed by atoms with Gasteiger partial charge in [0.25, 0.3) is 0 Å². The summed E-state index contributed by atoms with van der Waals surface area (Å²) in [5.74, 6) is 0.828. The van der Waals surface area contributed by atoms with Crippen molar-refractivity contribution >= 4 is 17.7 Å². The fourth-order valence-electron chi connectivity index (χ4n) is 2.41. The van der Waals surface area contributed by atoms with Crippen LogP contribution in [0.4, 0.5) is 0 Å². The maximum atomic E-state index is 11.9. The minimum Gasteiger partial charge on any atom is -0.468 e. The van der Waals surface area contributed by atoms with Crippen LogP contribution in [-0.4, -0.2) is 47.9 Å². The van der Waals surface area contributed by atoms with E-state index >= 15 is 0 Å². The quantitative estimate of drug-likeness (QED) is 0.532. The molecular formula is C12H23NO3S. The Kier molecular flexibility index (Phi) is 6.30. The lowest BCUT2D eigenvalue weighted by Gasteiger charge is -2.27. The predicted molar refractivity (Wildman–Crippen MR) is 70.2 cm³/mol. The van der Waals surface area contributed by atoms with Gasteiger partial charge in [-0.3, -0.25) is 4.79 Å². The summed E-state index contributed by atoms with van der Waals surface area (Å²) in [6.07, 6.45) is 3.56. The van der Waals surface area contributed by atoms with Crippen LogP contribution in [0.15, 0.2) is 0 Å². The third-order valence-electron chi connectivity index (χ3n) is 3.22. The Morgan fingerprint density at radius 1 is 1.65 bits per heavy atom. The van der Waals surface area contributed by atoms with E-state index in [2.05, 4.69) is 5.32 Å². The van der Waals surface area contributed by atoms with E-state index in [1.165, 1.54) is 7.11 Å². The first-order valence-corrected chi connectivity index (χ1v) is 7.29. The monoisotopic (exact) mass is 261 g/mol. The van der Waals surface area contributed by atoms with Gasteiger partial charge < -0.3 is 15.2 Å². The number of thioether (sulfide) groups is 1. The van der Waals surface area contributed by atoms with E-state index in [0.29, 0.717) is 5.25 Å². The van der Waals surface area contributed by atoms with E-state index in [1.54, 1.807) is 0 Å². The molecule has 0 aromatic carbocycles. The molecule has 5 heteroatoms. The van der Waals surface area contributed by atoms with Crippen LogP contribution in [0.3, 0.4) is 0 Å². The van der Waals surface area contributed by atoms with Gasteiger partial charge in [0.05, 0.1) is 7.11 Å². The summed E-state index contributed by atoms with van der Waals surface area (Å²) in [6, 6.07) is 0. The lowest BCUT2D eigenvalue weighted by Crippen LogP contribution is -2.50. The third-order valence-corrected chi connectivity index (χ3v) is 4.61. The Morgan fingerprint density at radius 2 is 2.41 bits per heavy atom. The van der Waals surface area contributed by atoms with Crippen molar-refractivity contribution in [2.45, 2.75) is 43.4 Å². The summed E-state index contributed by atoms with van der Waals surface area (Å²) in [7, 11) is 1.45. The number of methoxy groups -OCH3 is 1. The number of likely N-dealkylation sites (N-methyl/N-ethyl adjacent to an activating group) is 1. The number of carbonyl (C=O) groups excluding carboxylic acids is 1. The zero-order chi connectivity index (χ0) is 12.7. The summed E-state index contributed by atoms with van der Waals surface area (Å²) in [6.45, 7) is 3.04. The van der Waals surface area contributed by atoms with Gasteiger partial charge in [0, 0.05) is 11.9 Å². The minimum atomic E-state index is -0.472. The normalized spacial score (nSPS) is 28.3. The number of rotatable bonds is 7. The molecule has 17 heavy (non-hydrogen) atoms. The van der Waals surface area contributed by atoms with Crippen molar-refractivity contribution in [1.82, 2.24) is 5.32 Å². The van der Waals surface area contributed by atoms with E-state index in [-0.39, 0.29) is 12.6 Å². The van der Waals surface area contributed by atoms with Gasteiger partial charge in [-0.2, -0.15) is 11.8 Å². The van der Waals surface area contributed by atoms with Crippen molar-refractivity contribution in [1.29, 1.82) is 0 Å². The maximum absolute atomic E-state index is 11.9. The fraction of sp³-hybridized carbons (Fsp3) is 0.917. The molecule has 2 atom stereocenters. The van der Waals surface area contributed by atoms with Crippen LogP contribution in [0.1, 0.15) is 32.6 Å². The highest BCUT2D eigenvalue weighted by atomic mass is 32.2. The van der Waals surface area contributed by atoms with Gasteiger partial charge in [-0.25, -0.2) is 0 Å². The highest BCUT2D eigenvalue weighted by Gasteiger charge is 2.45. The zero-order valence-electron chi connectivity index (χ0n) is 10.7. The average molecular weight is 261 g/mol. The van der Waals surface area contributed by atoms with Crippen molar-refractivity contribution in [2.75, 3.05) is 26.0 Å². The standard InChI is InChI=1S/C12H23NO3S/c1-3-13-12(11(15)16-2)6-5-10(9-12)17-8-4-7-14/h10,13-14H,3-9H2,1-2H3. The summed E-state index contributed by atoms with van der Waals surface area (Å²) >= 11 is 1.86. The van der Waals surface area contributed by atoms with Crippen molar-refractivity contribution < 1.29 is 14.6 Å². The molecule has 100 valence electrons. The van der Waals surface area contributed by atoms with Gasteiger partial charge in [-0.1, -0.05) is 6.92 Å². The average Bonchev–Trinajstić information content (AvgIpc) is 2.74. The van der Waals surface area contributed by atoms with E-state index in [9.17, 15) is 4.79 Å². The largest absolute Gasteiger partial charge is 0.468 e. The zero-order valence-corrected chi connectivity index (χ0v) is 11.5. The van der Waals surface area contributed by atoms with E-state index < -0.39 is 5.54 Å². The number of hydrogen-bond acceptors (Lipinski definition) is 5. The summed E-state index contributed by atoms with van der Waals surface area (Å²) in [5, 5.41) is 12.5. The van der Waals surface area contributed by atoms with Gasteiger partial charge in [-0.15, -0.1) is 0 Å². The molecule has 1 saturated carbocycles. The molecule has 2 unspecified atom stereocenters. The second kappa shape index (κ2) is 7.24. The van der Waals surface area contributed by atoms with Gasteiger partial charge in [0.15, 0.2) is 0 Å². The van der Waals surface area contributed by atoms with Gasteiger partial charge in [0.2, 0.25) is 0 Å². The van der Waals surface area contributed by atoms with Gasteiger partial charge in [0.1, 0.15) is 5.54 Å². The highest BCUT2D eigenvalue weighted by molar-refractivity contribution is 7.99. The number of ether oxygens (including phenoxy) is 1. The Labute approximate surface area is 107 Å². The lowest BCUT2D eigenvalue weighted by molar-refractivity contribution is -0.148. The molecular weight excluding hydrogens is 238 g/mol. The molecule has 2 N–H and O–H groups in total. The molecule has 0 saturated heterocycles. The second-order valence-electron chi connectivity index (χ2n) is 4.42. The Morgan fingerprint density at radius 3 is 3.00 bits per heavy atom. The van der Waals surface area contributed by atoms with E-state index in [1.807, 2.05) is 18.7 Å². The molecule has 1 aliphatic carbocycles. The third kappa shape index (κ3) is 3.86. The number of carbonyl (C=O) groups is 1. The first-order chi connectivity index (χ1) is 8.18. The summed E-state index contributed by atoms with van der Waals surface area (Å²) in [4.78, 5) is 11.9. The van der Waals surface area contributed by atoms with Crippen LogP contribution in [0, 0.1) is 0 Å². The Bertz CT molecular complexity index is 250. The fourth-order valence-corrected chi connectivity index (χ4v) is 3.72. The van der Waals surface area contributed by atoms with Crippen molar-refractivity contribution in [3.8, 4) is 0 Å². The molecule has 0 aromatic heterocycles. The molecule has 4 nitrogen and oxygen atoms in total. The van der Waals surface area contributed by atoms with Crippen molar-refractivity contribution in [2.24, 2.45) is 0 Å². The number of hydrogen-bond donors (Lipinski definition) is 2. The summed E-state index contributed by atoms with van der Waals surface area (Å²) in [5.41, 5.74) is -0.472. The molecule has 1 rings (SSSR count). The van der Waals surface area contributed by atoms with Crippen molar-refractivity contribution in [3.05, 3.63) is 0 Å². The first kappa shape index (κ1) is 14.8. The first-order valence-electron chi connectivity index (χ1n) is 6.24. The molecule has 1 aliphatic rings. The number of aliphatic hydroxyl groups is 1. The summed E-state index contributed by atoms with van der Waals surface area (Å²) < 4.78 is 4.91. The molecule has 0 bridgehead atoms. The maximum Gasteiger partial charge on any atom is 0.326 e. The van der Waals surface area contributed by atoms with E-state index in [4.69, 9.17) is 9.84 Å². The SMILES string of the molecule is CCNC1(C(=O)OC)CCC(SCCCO)C1. The molecule has 0 amide bonds. The number of esters is 1. The van der Waals surface area contributed by atoms with E-state index in [0.717, 1.165) is 38.0 Å².